The highest BCUT2D eigenvalue weighted by Gasteiger charge is 1.88. The molecule has 0 unspecified atom stereocenters. The summed E-state index contributed by atoms with van der Waals surface area (Å²) in [4.78, 5) is 0. The Kier molecular flexibility index (Phi) is 3.95. The quantitative estimate of drug-likeness (QED) is 0.346. The van der Waals surface area contributed by atoms with Crippen molar-refractivity contribution in [1.29, 1.82) is 0 Å². The molecule has 0 heterocycles. The lowest BCUT2D eigenvalue weighted by molar-refractivity contribution is 0.321. The molecule has 0 aromatic carbocycles. The molecule has 0 aliphatic heterocycles. The largest absolute Gasteiger partial charge is 0.411 e. The van der Waals surface area contributed by atoms with Gasteiger partial charge in [-0.2, -0.15) is 0 Å². The summed E-state index contributed by atoms with van der Waals surface area (Å²) < 4.78 is 0. The predicted octanol–water partition coefficient (Wildman–Crippen LogP) is 1.24. The predicted molar refractivity (Wildman–Crippen MR) is 38.9 cm³/mol. The van der Waals surface area contributed by atoms with Crippen LogP contribution in [0.3, 0.4) is 0 Å². The monoisotopic (exact) mass is 142 g/mol. The van der Waals surface area contributed by atoms with Crippen LogP contribution in [0.1, 0.15) is 13.8 Å². The van der Waals surface area contributed by atoms with Crippen LogP contribution in [0.15, 0.2) is 21.5 Å². The van der Waals surface area contributed by atoms with Gasteiger partial charge < -0.3 is 10.4 Å². The topological polar surface area (TPSA) is 65.2 Å². The van der Waals surface area contributed by atoms with Crippen molar-refractivity contribution in [2.24, 2.45) is 10.3 Å². The minimum absolute atomic E-state index is 0.750. The Morgan fingerprint density at radius 1 is 1.00 bits per heavy atom. The number of nitrogens with zero attached hydrogens (tertiary/aromatic N) is 2. The van der Waals surface area contributed by atoms with Crippen molar-refractivity contribution in [3.8, 4) is 0 Å². The highest BCUT2D eigenvalue weighted by molar-refractivity contribution is 5.89. The lowest BCUT2D eigenvalue weighted by atomic mass is 10.2. The Hall–Kier alpha value is -1.32. The standard InChI is InChI=1S/C6H10N2O2/c1-5(3-7-9)6(2)4-8-10/h3-4,9-10H,1-2H3/b6-5+,7-3+,8-4+. The van der Waals surface area contributed by atoms with Gasteiger partial charge in [0.25, 0.3) is 0 Å². The van der Waals surface area contributed by atoms with Crippen LogP contribution in [-0.2, 0) is 0 Å². The normalized spacial score (nSPS) is 14.6. The summed E-state index contributed by atoms with van der Waals surface area (Å²) in [6, 6.07) is 0. The van der Waals surface area contributed by atoms with Gasteiger partial charge in [-0.25, -0.2) is 0 Å². The molecular weight excluding hydrogens is 132 g/mol. The molecule has 0 saturated heterocycles. The zero-order valence-electron chi connectivity index (χ0n) is 5.94. The maximum atomic E-state index is 8.08. The van der Waals surface area contributed by atoms with Gasteiger partial charge in [-0.1, -0.05) is 10.3 Å². The molecule has 4 heteroatoms. The number of hydrogen-bond acceptors (Lipinski definition) is 4. The first-order chi connectivity index (χ1) is 4.72. The highest BCUT2D eigenvalue weighted by Crippen LogP contribution is 1.96. The maximum Gasteiger partial charge on any atom is 0.0693 e. The Morgan fingerprint density at radius 2 is 1.30 bits per heavy atom. The minimum Gasteiger partial charge on any atom is -0.411 e. The lowest BCUT2D eigenvalue weighted by Crippen LogP contribution is -1.86. The van der Waals surface area contributed by atoms with Crippen molar-refractivity contribution < 1.29 is 10.4 Å². The van der Waals surface area contributed by atoms with E-state index in [1.165, 1.54) is 12.4 Å². The zero-order valence-corrected chi connectivity index (χ0v) is 5.94. The number of allylic oxidation sites excluding steroid dienone is 2. The van der Waals surface area contributed by atoms with Crippen molar-refractivity contribution in [2.45, 2.75) is 13.8 Å². The first kappa shape index (κ1) is 8.68. The molecule has 0 radical (unpaired) electrons. The van der Waals surface area contributed by atoms with E-state index in [9.17, 15) is 0 Å². The molecule has 0 saturated carbocycles. The SMILES string of the molecule is CC(/C=N/O)=C(C)\C=N\O. The molecular formula is C6H10N2O2. The molecule has 0 amide bonds. The van der Waals surface area contributed by atoms with Crippen LogP contribution >= 0.6 is 0 Å². The van der Waals surface area contributed by atoms with E-state index >= 15 is 0 Å². The van der Waals surface area contributed by atoms with Gasteiger partial charge in [-0.3, -0.25) is 0 Å². The van der Waals surface area contributed by atoms with Gasteiger partial charge in [-0.05, 0) is 25.0 Å². The third-order valence-corrected chi connectivity index (χ3v) is 1.12. The summed E-state index contributed by atoms with van der Waals surface area (Å²) in [7, 11) is 0. The van der Waals surface area contributed by atoms with E-state index in [2.05, 4.69) is 10.3 Å². The van der Waals surface area contributed by atoms with Gasteiger partial charge in [0, 0.05) is 0 Å². The number of oxime groups is 2. The zero-order chi connectivity index (χ0) is 7.98. The van der Waals surface area contributed by atoms with Crippen LogP contribution in [0.4, 0.5) is 0 Å². The molecule has 0 aromatic heterocycles. The fraction of sp³-hybridized carbons (Fsp3) is 0.333. The fourth-order valence-electron chi connectivity index (χ4n) is 0.377. The second kappa shape index (κ2) is 4.55. The Labute approximate surface area is 59.2 Å². The first-order valence-corrected chi connectivity index (χ1v) is 2.74. The number of rotatable bonds is 2. The molecule has 2 N–H and O–H groups in total. The van der Waals surface area contributed by atoms with Crippen molar-refractivity contribution in [2.75, 3.05) is 0 Å². The number of hydrogen-bond donors (Lipinski definition) is 2. The van der Waals surface area contributed by atoms with Gasteiger partial charge in [0.05, 0.1) is 12.4 Å². The second-order valence-corrected chi connectivity index (χ2v) is 1.86. The van der Waals surface area contributed by atoms with Crippen LogP contribution < -0.4 is 0 Å². The lowest BCUT2D eigenvalue weighted by Gasteiger charge is -1.91. The van der Waals surface area contributed by atoms with Crippen molar-refractivity contribution in [3.63, 3.8) is 0 Å². The molecule has 0 rings (SSSR count). The minimum atomic E-state index is 0.750. The van der Waals surface area contributed by atoms with E-state index < -0.39 is 0 Å². The van der Waals surface area contributed by atoms with E-state index in [1.54, 1.807) is 13.8 Å². The Bertz CT molecular complexity index is 162. The molecule has 0 atom stereocenters. The highest BCUT2D eigenvalue weighted by atomic mass is 16.4. The van der Waals surface area contributed by atoms with Gasteiger partial charge >= 0.3 is 0 Å². The molecule has 0 fully saturated rings. The van der Waals surface area contributed by atoms with Crippen molar-refractivity contribution in [1.82, 2.24) is 0 Å². The van der Waals surface area contributed by atoms with Crippen LogP contribution in [0.2, 0.25) is 0 Å². The van der Waals surface area contributed by atoms with Gasteiger partial charge in [0.2, 0.25) is 0 Å². The first-order valence-electron chi connectivity index (χ1n) is 2.74. The molecule has 0 aliphatic rings. The molecule has 0 aromatic rings. The van der Waals surface area contributed by atoms with Crippen LogP contribution in [0.5, 0.6) is 0 Å². The van der Waals surface area contributed by atoms with Crippen LogP contribution in [-0.4, -0.2) is 22.8 Å². The van der Waals surface area contributed by atoms with E-state index in [0.29, 0.717) is 0 Å². The van der Waals surface area contributed by atoms with Gasteiger partial charge in [-0.15, -0.1) is 0 Å². The third-order valence-electron chi connectivity index (χ3n) is 1.12. The smallest absolute Gasteiger partial charge is 0.0693 e. The summed E-state index contributed by atoms with van der Waals surface area (Å²) in [5.41, 5.74) is 1.50. The second-order valence-electron chi connectivity index (χ2n) is 1.86. The van der Waals surface area contributed by atoms with E-state index in [4.69, 9.17) is 10.4 Å². The average molecular weight is 142 g/mol. The van der Waals surface area contributed by atoms with Crippen molar-refractivity contribution in [3.05, 3.63) is 11.1 Å². The van der Waals surface area contributed by atoms with Gasteiger partial charge in [0.15, 0.2) is 0 Å². The third kappa shape index (κ3) is 2.86. The summed E-state index contributed by atoms with van der Waals surface area (Å²) in [6.45, 7) is 3.49. The summed E-state index contributed by atoms with van der Waals surface area (Å²) >= 11 is 0. The molecule has 4 nitrogen and oxygen atoms in total. The van der Waals surface area contributed by atoms with E-state index in [0.717, 1.165) is 11.1 Å². The summed E-state index contributed by atoms with van der Waals surface area (Å²) in [5.74, 6) is 0. The maximum absolute atomic E-state index is 8.08. The fourth-order valence-corrected chi connectivity index (χ4v) is 0.377. The summed E-state index contributed by atoms with van der Waals surface area (Å²) in [6.07, 6.45) is 2.55. The molecule has 0 bridgehead atoms. The van der Waals surface area contributed by atoms with Crippen molar-refractivity contribution >= 4 is 12.4 Å². The molecule has 10 heavy (non-hydrogen) atoms. The van der Waals surface area contributed by atoms with Crippen LogP contribution in [0, 0.1) is 0 Å². The molecule has 56 valence electrons. The Balaban J connectivity index is 4.33. The van der Waals surface area contributed by atoms with Gasteiger partial charge in [0.1, 0.15) is 0 Å². The Morgan fingerprint density at radius 3 is 1.50 bits per heavy atom. The van der Waals surface area contributed by atoms with Crippen LogP contribution in [0.25, 0.3) is 0 Å². The molecule has 0 spiro atoms. The molecule has 0 aliphatic carbocycles. The van der Waals surface area contributed by atoms with E-state index in [-0.39, 0.29) is 0 Å². The van der Waals surface area contributed by atoms with E-state index in [1.807, 2.05) is 0 Å². The average Bonchev–Trinajstić information content (AvgIpc) is 1.89. The summed E-state index contributed by atoms with van der Waals surface area (Å²) in [5, 5.41) is 21.8.